The van der Waals surface area contributed by atoms with Crippen LogP contribution in [0.1, 0.15) is 79.0 Å². The van der Waals surface area contributed by atoms with E-state index in [-0.39, 0.29) is 37.3 Å². The van der Waals surface area contributed by atoms with Crippen LogP contribution in [0.2, 0.25) is 0 Å². The zero-order valence-electron chi connectivity index (χ0n) is 39.2. The molecule has 7 aromatic carbocycles. The number of anilines is 4. The molecule has 1 aliphatic heterocycles. The van der Waals surface area contributed by atoms with Gasteiger partial charge in [0, 0.05) is 61.3 Å². The Kier molecular flexibility index (Phi) is 11.6. The molecule has 10 rings (SSSR count). The Morgan fingerprint density at radius 2 is 1.14 bits per heavy atom. The topological polar surface area (TPSA) is 33.5 Å². The summed E-state index contributed by atoms with van der Waals surface area (Å²) in [4.78, 5) is 9.49. The van der Waals surface area contributed by atoms with E-state index in [9.17, 15) is 0 Å². The van der Waals surface area contributed by atoms with Gasteiger partial charge in [-0.15, -0.1) is 42.0 Å². The first-order valence-corrected chi connectivity index (χ1v) is 22.6. The van der Waals surface area contributed by atoms with Gasteiger partial charge in [-0.3, -0.25) is 0 Å². The average molecular weight is 1040 g/mol. The molecule has 0 atom stereocenters. The molecule has 334 valence electrons. The van der Waals surface area contributed by atoms with Crippen LogP contribution in [0.4, 0.5) is 22.7 Å². The van der Waals surface area contributed by atoms with Gasteiger partial charge in [0.25, 0.3) is 0 Å². The predicted molar refractivity (Wildman–Crippen MR) is 271 cm³/mol. The van der Waals surface area contributed by atoms with E-state index in [2.05, 4.69) is 241 Å². The maximum atomic E-state index is 7.13. The van der Waals surface area contributed by atoms with E-state index in [1.54, 1.807) is 0 Å². The van der Waals surface area contributed by atoms with Crippen LogP contribution in [0.25, 0.3) is 49.9 Å². The summed E-state index contributed by atoms with van der Waals surface area (Å²) in [5.41, 5.74) is 14.1. The monoisotopic (exact) mass is 1040 g/mol. The molecule has 2 aromatic heterocycles. The summed E-state index contributed by atoms with van der Waals surface area (Å²) in [6, 6.07) is 63.6. The van der Waals surface area contributed by atoms with Gasteiger partial charge in [-0.2, -0.15) is 12.1 Å². The first kappa shape index (κ1) is 44.8. The molecule has 66 heavy (non-hydrogen) atoms. The van der Waals surface area contributed by atoms with Crippen LogP contribution in [-0.2, 0) is 37.3 Å². The smallest absolute Gasteiger partial charge is 0.135 e. The second-order valence-electron chi connectivity index (χ2n) is 20.3. The van der Waals surface area contributed by atoms with E-state index in [0.717, 1.165) is 72.6 Å². The van der Waals surface area contributed by atoms with E-state index in [1.807, 2.05) is 18.3 Å². The molecule has 1 aliphatic rings. The Morgan fingerprint density at radius 1 is 0.515 bits per heavy atom. The third-order valence-electron chi connectivity index (χ3n) is 12.6. The van der Waals surface area contributed by atoms with Crippen molar-refractivity contribution in [2.45, 2.75) is 78.6 Å². The molecular formula is C60H55N4OPt-3. The fourth-order valence-corrected chi connectivity index (χ4v) is 8.90. The van der Waals surface area contributed by atoms with Crippen molar-refractivity contribution in [2.24, 2.45) is 0 Å². The van der Waals surface area contributed by atoms with E-state index in [0.29, 0.717) is 11.5 Å². The molecular weight excluding hydrogens is 988 g/mol. The standard InChI is InChI=1S/C60H55N4O.Pt/c1-58(2,3)41-30-31-61-57(35-41)64-52-27-16-15-26-49(52)50-37-51(48-25-14-13-24-47(48)40-20-11-10-12-21-40)56(38-55(50)64)65-46-23-19-22-44(36-46)62-39-63(54-29-18-17-28-53(54)62)45-33-42(59(4,5)6)32-43(34-45)60(7,8)9;/h10-35,37,39H,1-9H3;/q-3;. The minimum Gasteiger partial charge on any atom is -0.509 e. The molecule has 0 unspecified atom stereocenters. The second kappa shape index (κ2) is 17.1. The Labute approximate surface area is 405 Å². The number of fused-ring (bicyclic) bond motifs is 4. The molecule has 5 nitrogen and oxygen atoms in total. The first-order chi connectivity index (χ1) is 31.1. The predicted octanol–water partition coefficient (Wildman–Crippen LogP) is 16.2. The van der Waals surface area contributed by atoms with Crippen LogP contribution in [0.15, 0.2) is 164 Å². The number of aromatic nitrogens is 2. The average Bonchev–Trinajstić information content (AvgIpc) is 3.84. The van der Waals surface area contributed by atoms with Crippen molar-refractivity contribution in [1.82, 2.24) is 9.55 Å². The van der Waals surface area contributed by atoms with Crippen LogP contribution in [0.3, 0.4) is 0 Å². The van der Waals surface area contributed by atoms with Crippen LogP contribution >= 0.6 is 0 Å². The minimum absolute atomic E-state index is 0. The Morgan fingerprint density at radius 3 is 1.83 bits per heavy atom. The van der Waals surface area contributed by atoms with Crippen molar-refractivity contribution in [1.29, 1.82) is 0 Å². The molecule has 0 radical (unpaired) electrons. The van der Waals surface area contributed by atoms with Gasteiger partial charge in [-0.1, -0.05) is 170 Å². The minimum atomic E-state index is -0.0558. The van der Waals surface area contributed by atoms with E-state index < -0.39 is 0 Å². The number of hydrogen-bond donors (Lipinski definition) is 0. The van der Waals surface area contributed by atoms with Crippen molar-refractivity contribution in [3.8, 4) is 39.6 Å². The fourth-order valence-electron chi connectivity index (χ4n) is 8.90. The quantitative estimate of drug-likeness (QED) is 0.149. The van der Waals surface area contributed by atoms with Crippen LogP contribution in [0.5, 0.6) is 11.5 Å². The van der Waals surface area contributed by atoms with E-state index in [4.69, 9.17) is 9.72 Å². The zero-order chi connectivity index (χ0) is 45.3. The number of benzene rings is 7. The molecule has 9 aromatic rings. The van der Waals surface area contributed by atoms with Crippen molar-refractivity contribution in [2.75, 3.05) is 9.80 Å². The van der Waals surface area contributed by atoms with Gasteiger partial charge in [0.15, 0.2) is 0 Å². The first-order valence-electron chi connectivity index (χ1n) is 22.6. The molecule has 0 aliphatic carbocycles. The van der Waals surface area contributed by atoms with Crippen LogP contribution in [-0.4, -0.2) is 9.55 Å². The SMILES string of the molecule is CC(C)(C)c1cc(N2[CH-]N(c3[c-]c(Oc4[c-]c5c(cc4-c4ccccc4-c4ccccc4)c4ccccc4n5-c4cc(C(C)(C)C)ccn4)ccc3)c3ccccc32)cc(C(C)(C)C)c1.[Pt]. The zero-order valence-corrected chi connectivity index (χ0v) is 41.5. The second-order valence-corrected chi connectivity index (χ2v) is 20.3. The summed E-state index contributed by atoms with van der Waals surface area (Å²) in [6.07, 6.45) is 1.91. The summed E-state index contributed by atoms with van der Waals surface area (Å²) in [7, 11) is 0. The third-order valence-corrected chi connectivity index (χ3v) is 12.6. The Bertz CT molecular complexity index is 3210. The molecule has 0 saturated carbocycles. The maximum Gasteiger partial charge on any atom is 0.135 e. The largest absolute Gasteiger partial charge is 0.509 e. The van der Waals surface area contributed by atoms with Crippen molar-refractivity contribution in [3.63, 3.8) is 0 Å². The summed E-state index contributed by atoms with van der Waals surface area (Å²) < 4.78 is 9.36. The van der Waals surface area contributed by atoms with Gasteiger partial charge in [0.05, 0.1) is 0 Å². The molecule has 3 heterocycles. The van der Waals surface area contributed by atoms with E-state index >= 15 is 0 Å². The number of nitrogens with zero attached hydrogens (tertiary/aromatic N) is 4. The van der Waals surface area contributed by atoms with Crippen molar-refractivity contribution < 1.29 is 25.8 Å². The Balaban J connectivity index is 0.00000548. The van der Waals surface area contributed by atoms with Crippen molar-refractivity contribution in [3.05, 3.63) is 199 Å². The summed E-state index contributed by atoms with van der Waals surface area (Å²) in [5, 5.41) is 2.19. The van der Waals surface area contributed by atoms with Crippen LogP contribution < -0.4 is 14.5 Å². The summed E-state index contributed by atoms with van der Waals surface area (Å²) in [5.74, 6) is 2.03. The number of para-hydroxylation sites is 3. The molecule has 6 heteroatoms. The fraction of sp³-hybridized carbons (Fsp3) is 0.200. The van der Waals surface area contributed by atoms with Gasteiger partial charge < -0.3 is 19.1 Å². The van der Waals surface area contributed by atoms with Crippen molar-refractivity contribution >= 4 is 44.6 Å². The maximum absolute atomic E-state index is 7.13. The summed E-state index contributed by atoms with van der Waals surface area (Å²) >= 11 is 0. The van der Waals surface area contributed by atoms with Gasteiger partial charge in [-0.05, 0) is 91.9 Å². The van der Waals surface area contributed by atoms with Crippen LogP contribution in [0, 0.1) is 18.8 Å². The third kappa shape index (κ3) is 8.35. The normalized spacial score (nSPS) is 13.0. The molecule has 0 amide bonds. The van der Waals surface area contributed by atoms with Gasteiger partial charge in [-0.25, -0.2) is 4.98 Å². The molecule has 0 N–H and O–H groups in total. The van der Waals surface area contributed by atoms with Gasteiger partial charge in [0.1, 0.15) is 5.82 Å². The summed E-state index contributed by atoms with van der Waals surface area (Å²) in [6.45, 7) is 22.6. The van der Waals surface area contributed by atoms with E-state index in [1.165, 1.54) is 16.7 Å². The molecule has 0 bridgehead atoms. The number of hydrogen-bond acceptors (Lipinski definition) is 4. The molecule has 0 fully saturated rings. The number of pyridine rings is 1. The Hall–Kier alpha value is -6.42. The van der Waals surface area contributed by atoms with Gasteiger partial charge in [0.2, 0.25) is 0 Å². The number of rotatable bonds is 7. The number of ether oxygens (including phenoxy) is 1. The van der Waals surface area contributed by atoms with Gasteiger partial charge >= 0.3 is 0 Å². The molecule has 0 saturated heterocycles. The molecule has 0 spiro atoms.